The molecule has 0 bridgehead atoms. The number of amides is 3. The van der Waals surface area contributed by atoms with Crippen molar-refractivity contribution in [2.24, 2.45) is 11.1 Å². The first-order chi connectivity index (χ1) is 8.53. The Kier molecular flexibility index (Phi) is 5.40. The van der Waals surface area contributed by atoms with Crippen molar-refractivity contribution in [3.63, 3.8) is 0 Å². The van der Waals surface area contributed by atoms with Crippen molar-refractivity contribution in [2.75, 3.05) is 26.2 Å². The number of likely N-dealkylation sites (tertiary alicyclic amines) is 1. The SMILES string of the molecule is CCCC1(CO)CCCN(C(=O)CNC(N)=O)C1. The molecule has 4 N–H and O–H groups in total. The highest BCUT2D eigenvalue weighted by molar-refractivity contribution is 5.83. The van der Waals surface area contributed by atoms with Crippen LogP contribution in [-0.2, 0) is 4.79 Å². The Morgan fingerprint density at radius 1 is 1.50 bits per heavy atom. The van der Waals surface area contributed by atoms with E-state index in [1.54, 1.807) is 4.90 Å². The Morgan fingerprint density at radius 2 is 2.22 bits per heavy atom. The van der Waals surface area contributed by atoms with Gasteiger partial charge in [0.05, 0.1) is 13.2 Å². The Morgan fingerprint density at radius 3 is 2.78 bits per heavy atom. The molecule has 0 aromatic rings. The molecule has 1 heterocycles. The van der Waals surface area contributed by atoms with E-state index in [-0.39, 0.29) is 24.5 Å². The summed E-state index contributed by atoms with van der Waals surface area (Å²) in [4.78, 5) is 24.2. The zero-order valence-electron chi connectivity index (χ0n) is 10.9. The maximum Gasteiger partial charge on any atom is 0.312 e. The van der Waals surface area contributed by atoms with Gasteiger partial charge in [0.25, 0.3) is 0 Å². The van der Waals surface area contributed by atoms with E-state index >= 15 is 0 Å². The van der Waals surface area contributed by atoms with Crippen LogP contribution in [0.5, 0.6) is 0 Å². The molecule has 18 heavy (non-hydrogen) atoms. The first kappa shape index (κ1) is 14.8. The molecule has 1 aliphatic heterocycles. The van der Waals surface area contributed by atoms with E-state index < -0.39 is 6.03 Å². The zero-order chi connectivity index (χ0) is 13.6. The maximum absolute atomic E-state index is 11.9. The number of hydrogen-bond donors (Lipinski definition) is 3. The summed E-state index contributed by atoms with van der Waals surface area (Å²) in [6.45, 7) is 3.37. The van der Waals surface area contributed by atoms with Gasteiger partial charge in [0, 0.05) is 18.5 Å². The van der Waals surface area contributed by atoms with Crippen LogP contribution >= 0.6 is 0 Å². The third-order valence-corrected chi connectivity index (χ3v) is 3.54. The number of hydrogen-bond acceptors (Lipinski definition) is 3. The minimum Gasteiger partial charge on any atom is -0.396 e. The summed E-state index contributed by atoms with van der Waals surface area (Å²) in [6.07, 6.45) is 3.74. The van der Waals surface area contributed by atoms with Crippen LogP contribution in [0.1, 0.15) is 32.6 Å². The van der Waals surface area contributed by atoms with Crippen molar-refractivity contribution in [3.05, 3.63) is 0 Å². The van der Waals surface area contributed by atoms with Gasteiger partial charge >= 0.3 is 6.03 Å². The Balaban J connectivity index is 2.56. The molecule has 0 aromatic carbocycles. The van der Waals surface area contributed by atoms with Crippen LogP contribution in [0.3, 0.4) is 0 Å². The molecule has 6 heteroatoms. The molecular formula is C12H23N3O3. The number of nitrogens with two attached hydrogens (primary N) is 1. The van der Waals surface area contributed by atoms with Crippen LogP contribution in [0.2, 0.25) is 0 Å². The number of nitrogens with zero attached hydrogens (tertiary/aromatic N) is 1. The number of piperidine rings is 1. The number of urea groups is 1. The number of carbonyl (C=O) groups excluding carboxylic acids is 2. The molecule has 6 nitrogen and oxygen atoms in total. The number of aliphatic hydroxyl groups is 1. The monoisotopic (exact) mass is 257 g/mol. The largest absolute Gasteiger partial charge is 0.396 e. The minimum absolute atomic E-state index is 0.0665. The normalized spacial score (nSPS) is 23.8. The van der Waals surface area contributed by atoms with E-state index in [9.17, 15) is 14.7 Å². The number of aliphatic hydroxyl groups excluding tert-OH is 1. The standard InChI is InChI=1S/C12H23N3O3/c1-2-4-12(9-16)5-3-6-15(8-12)10(17)7-14-11(13)18/h16H,2-9H2,1H3,(H3,13,14,18). The van der Waals surface area contributed by atoms with E-state index in [2.05, 4.69) is 12.2 Å². The third-order valence-electron chi connectivity index (χ3n) is 3.54. The van der Waals surface area contributed by atoms with Crippen LogP contribution in [0, 0.1) is 5.41 Å². The van der Waals surface area contributed by atoms with Crippen LogP contribution in [0.25, 0.3) is 0 Å². The van der Waals surface area contributed by atoms with Crippen molar-refractivity contribution in [1.29, 1.82) is 0 Å². The lowest BCUT2D eigenvalue weighted by Gasteiger charge is -2.41. The lowest BCUT2D eigenvalue weighted by molar-refractivity contribution is -0.134. The van der Waals surface area contributed by atoms with Gasteiger partial charge < -0.3 is 21.1 Å². The van der Waals surface area contributed by atoms with Crippen LogP contribution in [0.15, 0.2) is 0 Å². The quantitative estimate of drug-likeness (QED) is 0.649. The fourth-order valence-corrected chi connectivity index (χ4v) is 2.64. The summed E-state index contributed by atoms with van der Waals surface area (Å²) < 4.78 is 0. The molecule has 1 unspecified atom stereocenters. The number of rotatable bonds is 5. The second kappa shape index (κ2) is 6.58. The van der Waals surface area contributed by atoms with E-state index in [0.29, 0.717) is 13.1 Å². The van der Waals surface area contributed by atoms with E-state index in [0.717, 1.165) is 25.7 Å². The van der Waals surface area contributed by atoms with Gasteiger partial charge in [0.1, 0.15) is 0 Å². The van der Waals surface area contributed by atoms with Crippen LogP contribution in [0.4, 0.5) is 4.79 Å². The predicted octanol–water partition coefficient (Wildman–Crippen LogP) is 0.0559. The zero-order valence-corrected chi connectivity index (χ0v) is 10.9. The molecule has 0 spiro atoms. The molecular weight excluding hydrogens is 234 g/mol. The summed E-state index contributed by atoms with van der Waals surface area (Å²) in [6, 6.07) is -0.692. The highest BCUT2D eigenvalue weighted by Gasteiger charge is 2.35. The van der Waals surface area contributed by atoms with Gasteiger partial charge in [-0.15, -0.1) is 0 Å². The molecule has 0 aromatic heterocycles. The van der Waals surface area contributed by atoms with Crippen molar-refractivity contribution < 1.29 is 14.7 Å². The molecule has 0 saturated carbocycles. The molecule has 0 radical (unpaired) electrons. The topological polar surface area (TPSA) is 95.7 Å². The summed E-state index contributed by atoms with van der Waals surface area (Å²) in [5, 5.41) is 11.9. The summed E-state index contributed by atoms with van der Waals surface area (Å²) in [7, 11) is 0. The van der Waals surface area contributed by atoms with Crippen LogP contribution in [-0.4, -0.2) is 48.2 Å². The second-order valence-corrected chi connectivity index (χ2v) is 5.04. The average Bonchev–Trinajstić information content (AvgIpc) is 2.36. The molecule has 3 amide bonds. The Hall–Kier alpha value is -1.30. The fraction of sp³-hybridized carbons (Fsp3) is 0.833. The molecule has 104 valence electrons. The van der Waals surface area contributed by atoms with Gasteiger partial charge in [-0.2, -0.15) is 0 Å². The number of carbonyl (C=O) groups is 2. The van der Waals surface area contributed by atoms with Crippen molar-refractivity contribution in [1.82, 2.24) is 10.2 Å². The minimum atomic E-state index is -0.692. The predicted molar refractivity (Wildman–Crippen MR) is 67.8 cm³/mol. The first-order valence-electron chi connectivity index (χ1n) is 6.45. The van der Waals surface area contributed by atoms with Gasteiger partial charge in [0.2, 0.25) is 5.91 Å². The lowest BCUT2D eigenvalue weighted by Crippen LogP contribution is -2.50. The molecule has 1 aliphatic rings. The fourth-order valence-electron chi connectivity index (χ4n) is 2.64. The molecule has 0 aliphatic carbocycles. The van der Waals surface area contributed by atoms with Gasteiger partial charge in [-0.3, -0.25) is 4.79 Å². The number of primary amides is 1. The highest BCUT2D eigenvalue weighted by atomic mass is 16.3. The molecule has 1 saturated heterocycles. The smallest absolute Gasteiger partial charge is 0.312 e. The van der Waals surface area contributed by atoms with E-state index in [1.165, 1.54) is 0 Å². The summed E-state index contributed by atoms with van der Waals surface area (Å²) >= 11 is 0. The van der Waals surface area contributed by atoms with Gasteiger partial charge in [-0.25, -0.2) is 4.79 Å². The average molecular weight is 257 g/mol. The third kappa shape index (κ3) is 3.87. The summed E-state index contributed by atoms with van der Waals surface area (Å²) in [5.41, 5.74) is 4.77. The second-order valence-electron chi connectivity index (χ2n) is 5.04. The summed E-state index contributed by atoms with van der Waals surface area (Å²) in [5.74, 6) is -0.137. The lowest BCUT2D eigenvalue weighted by atomic mass is 9.77. The molecule has 1 fully saturated rings. The Labute approximate surface area is 108 Å². The number of nitrogens with one attached hydrogen (secondary N) is 1. The highest BCUT2D eigenvalue weighted by Crippen LogP contribution is 2.34. The first-order valence-corrected chi connectivity index (χ1v) is 6.45. The van der Waals surface area contributed by atoms with Crippen molar-refractivity contribution in [2.45, 2.75) is 32.6 Å². The van der Waals surface area contributed by atoms with Gasteiger partial charge in [0.15, 0.2) is 0 Å². The van der Waals surface area contributed by atoms with Crippen molar-refractivity contribution in [3.8, 4) is 0 Å². The van der Waals surface area contributed by atoms with E-state index in [1.807, 2.05) is 0 Å². The molecule has 1 atom stereocenters. The molecule has 1 rings (SSSR count). The Bertz CT molecular complexity index is 305. The van der Waals surface area contributed by atoms with Crippen LogP contribution < -0.4 is 11.1 Å². The van der Waals surface area contributed by atoms with Crippen molar-refractivity contribution >= 4 is 11.9 Å². The van der Waals surface area contributed by atoms with Gasteiger partial charge in [-0.05, 0) is 19.3 Å². The van der Waals surface area contributed by atoms with E-state index in [4.69, 9.17) is 5.73 Å². The van der Waals surface area contributed by atoms with Gasteiger partial charge in [-0.1, -0.05) is 13.3 Å². The maximum atomic E-state index is 11.9.